The number of alkyl carbamates (subject to hydrolysis) is 1. The van der Waals surface area contributed by atoms with Gasteiger partial charge in [-0.3, -0.25) is 14.5 Å². The number of likely N-dealkylation sites (tertiary alicyclic amines) is 2. The molecule has 0 radical (unpaired) electrons. The molecule has 2 saturated heterocycles. The van der Waals surface area contributed by atoms with E-state index in [1.165, 1.54) is 48.0 Å². The molecule has 4 N–H and O–H groups in total. The molecule has 2 aliphatic heterocycles. The molecule has 3 amide bonds. The summed E-state index contributed by atoms with van der Waals surface area (Å²) in [5, 5.41) is 22.7. The second-order valence-corrected chi connectivity index (χ2v) is 20.6. The molecule has 15 nitrogen and oxygen atoms in total. The van der Waals surface area contributed by atoms with Gasteiger partial charge >= 0.3 is 12.1 Å². The average Bonchev–Trinajstić information content (AvgIpc) is 3.91. The van der Waals surface area contributed by atoms with E-state index in [4.69, 9.17) is 35.8 Å². The molecule has 0 bridgehead atoms. The van der Waals surface area contributed by atoms with Gasteiger partial charge in [-0.1, -0.05) is 44.9 Å². The van der Waals surface area contributed by atoms with Crippen molar-refractivity contribution in [1.82, 2.24) is 30.4 Å². The largest absolute Gasteiger partial charge is 0.491 e. The Morgan fingerprint density at radius 3 is 2.44 bits per heavy atom. The number of benzene rings is 1. The molecule has 0 spiro atoms. The SMILES string of the molecule is C=C[C@@H]1C[C@]1(NC(=O)[C@@H]1CC(Oc2cc(-c3csc(NC(C)C)n3)nc3c(Cl)c(OCCN4CCCCC4)ccc23)CN1C(=O)[C@@H](NC(=O)O[C@@H]1C[C@@H]2C[C@@H]2C1)C(C)(C)C)C(=O)O. The summed E-state index contributed by atoms with van der Waals surface area (Å²) >= 11 is 8.57. The van der Waals surface area contributed by atoms with Crippen LogP contribution < -0.4 is 25.4 Å². The van der Waals surface area contributed by atoms with E-state index in [-0.39, 0.29) is 31.5 Å². The van der Waals surface area contributed by atoms with Gasteiger partial charge in [0.15, 0.2) is 5.13 Å². The number of halogens is 1. The molecule has 4 heterocycles. The van der Waals surface area contributed by atoms with Crippen LogP contribution in [0.5, 0.6) is 11.5 Å². The molecule has 340 valence electrons. The lowest BCUT2D eigenvalue weighted by atomic mass is 9.85. The van der Waals surface area contributed by atoms with E-state index in [1.54, 1.807) is 12.1 Å². The van der Waals surface area contributed by atoms with Crippen molar-refractivity contribution >= 4 is 62.8 Å². The van der Waals surface area contributed by atoms with E-state index in [0.29, 0.717) is 57.3 Å². The van der Waals surface area contributed by atoms with Crippen molar-refractivity contribution in [2.45, 2.75) is 122 Å². The van der Waals surface area contributed by atoms with Crippen molar-refractivity contribution in [2.24, 2.45) is 23.2 Å². The van der Waals surface area contributed by atoms with Crippen molar-refractivity contribution in [3.63, 3.8) is 0 Å². The Morgan fingerprint density at radius 1 is 1.03 bits per heavy atom. The Balaban J connectivity index is 1.09. The third-order valence-electron chi connectivity index (χ3n) is 13.2. The van der Waals surface area contributed by atoms with Crippen LogP contribution in [0, 0.1) is 23.2 Å². The number of piperidine rings is 1. The van der Waals surface area contributed by atoms with Gasteiger partial charge in [0.25, 0.3) is 0 Å². The van der Waals surface area contributed by atoms with Crippen LogP contribution in [0.15, 0.2) is 36.2 Å². The van der Waals surface area contributed by atoms with Gasteiger partial charge in [-0.05, 0) is 94.8 Å². The maximum absolute atomic E-state index is 14.8. The van der Waals surface area contributed by atoms with E-state index >= 15 is 0 Å². The van der Waals surface area contributed by atoms with Gasteiger partial charge in [-0.25, -0.2) is 19.6 Å². The second-order valence-electron chi connectivity index (χ2n) is 19.4. The molecular weight excluding hydrogens is 846 g/mol. The Labute approximate surface area is 377 Å². The fourth-order valence-corrected chi connectivity index (χ4v) is 10.6. The number of thiazole rings is 1. The minimum Gasteiger partial charge on any atom is -0.491 e. The quantitative estimate of drug-likeness (QED) is 0.107. The minimum absolute atomic E-state index is 0.0297. The topological polar surface area (TPSA) is 185 Å². The standard InChI is InChI=1S/C46H60ClN7O8S/c1-7-28-22-46(28,42(57)58)52-40(55)34-20-30(23-54(34)41(56)39(45(4,5)6)51-44(59)62-29-18-26-17-27(26)19-29)61-36-21-32(33-24-63-43(50-33)48-25(2)3)49-38-31(36)11-12-35(37(38)47)60-16-15-53-13-9-8-10-14-53/h7,11-12,21,24-30,34,39H,1,8-10,13-20,22-23H2,2-6H3,(H,48,50)(H,51,59)(H,52,55)(H,57,58)/t26-,27+,28-,29+,30?,34+,39-,46-/m1/s1. The zero-order valence-corrected chi connectivity index (χ0v) is 38.4. The van der Waals surface area contributed by atoms with E-state index in [9.17, 15) is 24.3 Å². The number of rotatable bonds is 16. The summed E-state index contributed by atoms with van der Waals surface area (Å²) in [6.07, 6.45) is 6.51. The number of anilines is 1. The van der Waals surface area contributed by atoms with Crippen molar-refractivity contribution in [3.05, 3.63) is 41.3 Å². The van der Waals surface area contributed by atoms with Gasteiger partial charge in [0.1, 0.15) is 58.7 Å². The summed E-state index contributed by atoms with van der Waals surface area (Å²) in [7, 11) is 0. The first-order valence-corrected chi connectivity index (χ1v) is 23.6. The fraction of sp³-hybridized carbons (Fsp3) is 0.609. The average molecular weight is 907 g/mol. The number of ether oxygens (including phenoxy) is 3. The molecule has 3 aromatic rings. The van der Waals surface area contributed by atoms with Crippen LogP contribution in [0.3, 0.4) is 0 Å². The van der Waals surface area contributed by atoms with Crippen LogP contribution in [0.25, 0.3) is 22.3 Å². The number of aliphatic carboxylic acids is 1. The lowest BCUT2D eigenvalue weighted by Crippen LogP contribution is -2.59. The van der Waals surface area contributed by atoms with Gasteiger partial charge in [-0.2, -0.15) is 0 Å². The summed E-state index contributed by atoms with van der Waals surface area (Å²) in [6, 6.07) is 3.38. The molecule has 5 aliphatic rings. The smallest absolute Gasteiger partial charge is 0.408 e. The maximum Gasteiger partial charge on any atom is 0.408 e. The molecule has 3 aliphatic carbocycles. The summed E-state index contributed by atoms with van der Waals surface area (Å²) in [5.41, 5.74) is -0.784. The number of amides is 3. The highest BCUT2D eigenvalue weighted by molar-refractivity contribution is 7.14. The second kappa shape index (κ2) is 18.1. The molecule has 2 aromatic heterocycles. The molecule has 17 heteroatoms. The first-order valence-electron chi connectivity index (χ1n) is 22.4. The maximum atomic E-state index is 14.8. The number of carboxylic acid groups (broad SMARTS) is 1. The first-order chi connectivity index (χ1) is 30.0. The third-order valence-corrected chi connectivity index (χ3v) is 14.3. The molecule has 5 fully saturated rings. The Hall–Kier alpha value is -4.67. The molecule has 63 heavy (non-hydrogen) atoms. The molecule has 3 saturated carbocycles. The number of carboxylic acids is 1. The van der Waals surface area contributed by atoms with Crippen molar-refractivity contribution < 1.29 is 38.5 Å². The number of nitrogens with zero attached hydrogens (tertiary/aromatic N) is 4. The summed E-state index contributed by atoms with van der Waals surface area (Å²) in [6.45, 7) is 16.6. The van der Waals surface area contributed by atoms with Crippen LogP contribution in [0.4, 0.5) is 9.93 Å². The molecule has 1 aromatic carbocycles. The number of aromatic nitrogens is 2. The summed E-state index contributed by atoms with van der Waals surface area (Å²) in [5.74, 6) is -0.708. The summed E-state index contributed by atoms with van der Waals surface area (Å²) < 4.78 is 18.8. The number of hydrogen-bond donors (Lipinski definition) is 4. The Bertz CT molecular complexity index is 2230. The van der Waals surface area contributed by atoms with E-state index in [2.05, 4.69) is 27.4 Å². The van der Waals surface area contributed by atoms with Crippen LogP contribution >= 0.6 is 22.9 Å². The summed E-state index contributed by atoms with van der Waals surface area (Å²) in [4.78, 5) is 68.5. The predicted octanol–water partition coefficient (Wildman–Crippen LogP) is 7.13. The molecule has 1 unspecified atom stereocenters. The number of pyridine rings is 1. The number of carbonyl (C=O) groups is 4. The van der Waals surface area contributed by atoms with Gasteiger partial charge in [0.2, 0.25) is 11.8 Å². The Morgan fingerprint density at radius 2 is 1.78 bits per heavy atom. The number of fused-ring (bicyclic) bond motifs is 2. The normalized spacial score (nSPS) is 27.1. The highest BCUT2D eigenvalue weighted by Crippen LogP contribution is 2.52. The number of nitrogens with one attached hydrogen (secondary N) is 3. The van der Waals surface area contributed by atoms with Crippen LogP contribution in [0.2, 0.25) is 5.02 Å². The number of hydrogen-bond acceptors (Lipinski definition) is 12. The van der Waals surface area contributed by atoms with Gasteiger partial charge < -0.3 is 40.2 Å². The Kier molecular flexibility index (Phi) is 12.9. The van der Waals surface area contributed by atoms with Gasteiger partial charge in [0.05, 0.1) is 17.8 Å². The van der Waals surface area contributed by atoms with Crippen molar-refractivity contribution in [2.75, 3.05) is 38.1 Å². The highest BCUT2D eigenvalue weighted by atomic mass is 35.5. The minimum atomic E-state index is -1.53. The monoisotopic (exact) mass is 905 g/mol. The molecule has 8 rings (SSSR count). The first kappa shape index (κ1) is 44.9. The van der Waals surface area contributed by atoms with Crippen LogP contribution in [-0.4, -0.2) is 117 Å². The lowest BCUT2D eigenvalue weighted by molar-refractivity contribution is -0.146. The fourth-order valence-electron chi connectivity index (χ4n) is 9.47. The lowest BCUT2D eigenvalue weighted by Gasteiger charge is -2.35. The van der Waals surface area contributed by atoms with Gasteiger partial charge in [-0.15, -0.1) is 17.9 Å². The van der Waals surface area contributed by atoms with E-state index in [1.807, 2.05) is 46.1 Å². The zero-order chi connectivity index (χ0) is 44.8. The van der Waals surface area contributed by atoms with E-state index < -0.39 is 58.9 Å². The zero-order valence-electron chi connectivity index (χ0n) is 36.8. The van der Waals surface area contributed by atoms with Crippen molar-refractivity contribution in [1.29, 1.82) is 0 Å². The van der Waals surface area contributed by atoms with Crippen LogP contribution in [0.1, 0.15) is 86.0 Å². The predicted molar refractivity (Wildman–Crippen MR) is 241 cm³/mol. The van der Waals surface area contributed by atoms with Gasteiger partial charge in [0, 0.05) is 41.8 Å². The molecular formula is C46H60ClN7O8S. The highest BCUT2D eigenvalue weighted by Gasteiger charge is 2.61. The molecule has 8 atom stereocenters. The number of carbonyl (C=O) groups excluding carboxylic acids is 3. The third kappa shape index (κ3) is 9.87. The van der Waals surface area contributed by atoms with Crippen molar-refractivity contribution in [3.8, 4) is 22.9 Å². The van der Waals surface area contributed by atoms with Crippen LogP contribution in [-0.2, 0) is 19.1 Å². The van der Waals surface area contributed by atoms with E-state index in [0.717, 1.165) is 37.6 Å².